The van der Waals surface area contributed by atoms with Crippen molar-refractivity contribution in [2.45, 2.75) is 27.2 Å². The van der Waals surface area contributed by atoms with Crippen molar-refractivity contribution < 1.29 is 4.79 Å². The number of amides is 1. The smallest absolute Gasteiger partial charge is 0.224 e. The van der Waals surface area contributed by atoms with Crippen molar-refractivity contribution in [1.29, 1.82) is 0 Å². The highest BCUT2D eigenvalue weighted by molar-refractivity contribution is 5.78. The van der Waals surface area contributed by atoms with Crippen molar-refractivity contribution in [3.63, 3.8) is 0 Å². The van der Waals surface area contributed by atoms with Crippen molar-refractivity contribution in [3.8, 4) is 0 Å². The van der Waals surface area contributed by atoms with E-state index in [4.69, 9.17) is 5.73 Å². The molecule has 94 valence electrons. The molecule has 3 N–H and O–H groups in total. The Hall–Kier alpha value is -1.35. The quantitative estimate of drug-likeness (QED) is 0.813. The van der Waals surface area contributed by atoms with Gasteiger partial charge >= 0.3 is 0 Å². The molecule has 0 saturated carbocycles. The maximum Gasteiger partial charge on any atom is 0.224 e. The predicted molar refractivity (Wildman–Crippen MR) is 70.7 cm³/mol. The van der Waals surface area contributed by atoms with E-state index in [1.54, 1.807) is 0 Å². The normalized spacial score (nSPS) is 11.3. The SMILES string of the molecule is Cc1cccc(CC(=O)NCC(C)(C)CN)c1. The minimum atomic E-state index is -0.0394. The second kappa shape index (κ2) is 5.82. The van der Waals surface area contributed by atoms with Crippen LogP contribution in [0.25, 0.3) is 0 Å². The fraction of sp³-hybridized carbons (Fsp3) is 0.500. The van der Waals surface area contributed by atoms with Crippen molar-refractivity contribution in [2.24, 2.45) is 11.1 Å². The molecule has 3 heteroatoms. The molecule has 0 aliphatic heterocycles. The van der Waals surface area contributed by atoms with E-state index < -0.39 is 0 Å². The fourth-order valence-corrected chi connectivity index (χ4v) is 1.48. The summed E-state index contributed by atoms with van der Waals surface area (Å²) in [6, 6.07) is 8.01. The Morgan fingerprint density at radius 3 is 2.71 bits per heavy atom. The average molecular weight is 234 g/mol. The third-order valence-corrected chi connectivity index (χ3v) is 2.76. The molecule has 3 nitrogen and oxygen atoms in total. The zero-order valence-corrected chi connectivity index (χ0v) is 10.9. The Labute approximate surface area is 103 Å². The van der Waals surface area contributed by atoms with Crippen LogP contribution < -0.4 is 11.1 Å². The number of carbonyl (C=O) groups excluding carboxylic acids is 1. The van der Waals surface area contributed by atoms with Crippen LogP contribution >= 0.6 is 0 Å². The molecule has 0 spiro atoms. The van der Waals surface area contributed by atoms with Crippen LogP contribution in [0.1, 0.15) is 25.0 Å². The number of nitrogens with two attached hydrogens (primary N) is 1. The van der Waals surface area contributed by atoms with Gasteiger partial charge in [0.25, 0.3) is 0 Å². The van der Waals surface area contributed by atoms with E-state index >= 15 is 0 Å². The number of carbonyl (C=O) groups is 1. The lowest BCUT2D eigenvalue weighted by molar-refractivity contribution is -0.120. The molecule has 0 aromatic heterocycles. The van der Waals surface area contributed by atoms with Gasteiger partial charge in [-0.25, -0.2) is 0 Å². The van der Waals surface area contributed by atoms with Gasteiger partial charge in [0.05, 0.1) is 6.42 Å². The monoisotopic (exact) mass is 234 g/mol. The van der Waals surface area contributed by atoms with Gasteiger partial charge in [-0.2, -0.15) is 0 Å². The van der Waals surface area contributed by atoms with Crippen molar-refractivity contribution in [3.05, 3.63) is 35.4 Å². The minimum absolute atomic E-state index is 0.0394. The zero-order valence-electron chi connectivity index (χ0n) is 10.9. The molecule has 0 aliphatic rings. The van der Waals surface area contributed by atoms with Crippen LogP contribution in [0.4, 0.5) is 0 Å². The van der Waals surface area contributed by atoms with Gasteiger partial charge in [-0.05, 0) is 24.4 Å². The van der Waals surface area contributed by atoms with Crippen LogP contribution in [0.5, 0.6) is 0 Å². The third-order valence-electron chi connectivity index (χ3n) is 2.76. The topological polar surface area (TPSA) is 55.1 Å². The standard InChI is InChI=1S/C14H22N2O/c1-11-5-4-6-12(7-11)8-13(17)16-10-14(2,3)9-15/h4-7H,8-10,15H2,1-3H3,(H,16,17). The lowest BCUT2D eigenvalue weighted by Crippen LogP contribution is -2.39. The summed E-state index contributed by atoms with van der Waals surface area (Å²) in [5.74, 6) is 0.0529. The Morgan fingerprint density at radius 1 is 1.41 bits per heavy atom. The third kappa shape index (κ3) is 5.00. The summed E-state index contributed by atoms with van der Waals surface area (Å²) in [6.45, 7) is 7.30. The molecule has 1 aromatic rings. The molecule has 0 heterocycles. The number of hydrogen-bond acceptors (Lipinski definition) is 2. The lowest BCUT2D eigenvalue weighted by atomic mass is 9.94. The van der Waals surface area contributed by atoms with Crippen LogP contribution in [0.15, 0.2) is 24.3 Å². The first-order valence-corrected chi connectivity index (χ1v) is 5.95. The molecule has 0 radical (unpaired) electrons. The predicted octanol–water partition coefficient (Wildman–Crippen LogP) is 1.64. The highest BCUT2D eigenvalue weighted by Crippen LogP contribution is 2.10. The molecule has 0 saturated heterocycles. The Balaban J connectivity index is 2.45. The van der Waals surface area contributed by atoms with Gasteiger partial charge in [0.1, 0.15) is 0 Å². The van der Waals surface area contributed by atoms with Gasteiger partial charge in [-0.15, -0.1) is 0 Å². The summed E-state index contributed by atoms with van der Waals surface area (Å²) < 4.78 is 0. The van der Waals surface area contributed by atoms with Gasteiger partial charge in [-0.3, -0.25) is 4.79 Å². The Morgan fingerprint density at radius 2 is 2.12 bits per heavy atom. The van der Waals surface area contributed by atoms with Gasteiger partial charge in [0.2, 0.25) is 5.91 Å². The van der Waals surface area contributed by atoms with E-state index in [1.165, 1.54) is 5.56 Å². The van der Waals surface area contributed by atoms with E-state index in [9.17, 15) is 4.79 Å². The molecule has 1 aromatic carbocycles. The second-order valence-corrected chi connectivity index (χ2v) is 5.31. The van der Waals surface area contributed by atoms with Crippen LogP contribution in [0, 0.1) is 12.3 Å². The van der Waals surface area contributed by atoms with Gasteiger partial charge in [0.15, 0.2) is 0 Å². The summed E-state index contributed by atoms with van der Waals surface area (Å²) in [5, 5.41) is 2.92. The molecule has 0 fully saturated rings. The van der Waals surface area contributed by atoms with Crippen molar-refractivity contribution in [2.75, 3.05) is 13.1 Å². The van der Waals surface area contributed by atoms with Crippen molar-refractivity contribution >= 4 is 5.91 Å². The molecule has 1 rings (SSSR count). The number of aryl methyl sites for hydroxylation is 1. The van der Waals surface area contributed by atoms with E-state index in [2.05, 4.69) is 5.32 Å². The fourth-order valence-electron chi connectivity index (χ4n) is 1.48. The molecular weight excluding hydrogens is 212 g/mol. The van der Waals surface area contributed by atoms with Crippen LogP contribution in [-0.4, -0.2) is 19.0 Å². The molecule has 0 unspecified atom stereocenters. The first-order chi connectivity index (χ1) is 7.93. The molecule has 1 amide bonds. The Kier molecular flexibility index (Phi) is 4.70. The molecule has 0 aliphatic carbocycles. The van der Waals surface area contributed by atoms with Crippen LogP contribution in [0.3, 0.4) is 0 Å². The molecule has 0 atom stereocenters. The summed E-state index contributed by atoms with van der Waals surface area (Å²) >= 11 is 0. The van der Waals surface area contributed by atoms with Gasteiger partial charge < -0.3 is 11.1 Å². The maximum absolute atomic E-state index is 11.7. The summed E-state index contributed by atoms with van der Waals surface area (Å²) in [4.78, 5) is 11.7. The van der Waals surface area contributed by atoms with Crippen LogP contribution in [0.2, 0.25) is 0 Å². The van der Waals surface area contributed by atoms with Crippen molar-refractivity contribution in [1.82, 2.24) is 5.32 Å². The molecule has 0 bridgehead atoms. The summed E-state index contributed by atoms with van der Waals surface area (Å²) in [5.41, 5.74) is 7.80. The summed E-state index contributed by atoms with van der Waals surface area (Å²) in [6.07, 6.45) is 0.433. The first kappa shape index (κ1) is 13.7. The molecule has 17 heavy (non-hydrogen) atoms. The number of rotatable bonds is 5. The average Bonchev–Trinajstić information content (AvgIpc) is 2.27. The number of hydrogen-bond donors (Lipinski definition) is 2. The number of benzene rings is 1. The lowest BCUT2D eigenvalue weighted by Gasteiger charge is -2.22. The highest BCUT2D eigenvalue weighted by atomic mass is 16.1. The van der Waals surface area contributed by atoms with Crippen LogP contribution in [-0.2, 0) is 11.2 Å². The largest absolute Gasteiger partial charge is 0.355 e. The van der Waals surface area contributed by atoms with E-state index in [0.29, 0.717) is 19.5 Å². The maximum atomic E-state index is 11.7. The van der Waals surface area contributed by atoms with E-state index in [0.717, 1.165) is 5.56 Å². The first-order valence-electron chi connectivity index (χ1n) is 5.95. The van der Waals surface area contributed by atoms with E-state index in [-0.39, 0.29) is 11.3 Å². The van der Waals surface area contributed by atoms with E-state index in [1.807, 2.05) is 45.0 Å². The van der Waals surface area contributed by atoms with Gasteiger partial charge in [0, 0.05) is 6.54 Å². The number of nitrogens with one attached hydrogen (secondary N) is 1. The Bertz CT molecular complexity index is 386. The highest BCUT2D eigenvalue weighted by Gasteiger charge is 2.16. The molecular formula is C14H22N2O. The van der Waals surface area contributed by atoms with Gasteiger partial charge in [-0.1, -0.05) is 43.7 Å². The zero-order chi connectivity index (χ0) is 12.9. The summed E-state index contributed by atoms with van der Waals surface area (Å²) in [7, 11) is 0. The minimum Gasteiger partial charge on any atom is -0.355 e. The second-order valence-electron chi connectivity index (χ2n) is 5.31.